The molecule has 0 saturated heterocycles. The summed E-state index contributed by atoms with van der Waals surface area (Å²) >= 11 is 0. The first-order chi connectivity index (χ1) is 7.66. The average molecular weight is 224 g/mol. The van der Waals surface area contributed by atoms with E-state index in [2.05, 4.69) is 10.3 Å². The molecule has 5 heteroatoms. The van der Waals surface area contributed by atoms with Crippen LogP contribution in [0.25, 0.3) is 0 Å². The van der Waals surface area contributed by atoms with Crippen LogP contribution in [0.15, 0.2) is 6.20 Å². The minimum Gasteiger partial charge on any atom is -0.377 e. The molecule has 0 amide bonds. The lowest BCUT2D eigenvalue weighted by atomic mass is 9.89. The van der Waals surface area contributed by atoms with Crippen LogP contribution in [0.2, 0.25) is 0 Å². The third-order valence-corrected chi connectivity index (χ3v) is 3.61. The summed E-state index contributed by atoms with van der Waals surface area (Å²) in [7, 11) is 3.63. The molecule has 90 valence electrons. The molecule has 1 heterocycles. The van der Waals surface area contributed by atoms with E-state index in [1.54, 1.807) is 11.8 Å². The number of aromatic nitrogens is 3. The van der Waals surface area contributed by atoms with Gasteiger partial charge in [0.2, 0.25) is 0 Å². The van der Waals surface area contributed by atoms with E-state index >= 15 is 0 Å². The fraction of sp³-hybridized carbons (Fsp3) is 0.818. The van der Waals surface area contributed by atoms with Gasteiger partial charge in [0.05, 0.1) is 11.3 Å². The molecule has 5 nitrogen and oxygen atoms in total. The van der Waals surface area contributed by atoms with Gasteiger partial charge >= 0.3 is 0 Å². The monoisotopic (exact) mass is 224 g/mol. The zero-order chi connectivity index (χ0) is 11.6. The summed E-state index contributed by atoms with van der Waals surface area (Å²) in [5.74, 6) is 0. The maximum atomic E-state index is 6.26. The van der Waals surface area contributed by atoms with E-state index in [0.29, 0.717) is 0 Å². The molecule has 1 saturated carbocycles. The van der Waals surface area contributed by atoms with Crippen LogP contribution < -0.4 is 5.73 Å². The van der Waals surface area contributed by atoms with Crippen LogP contribution in [0.5, 0.6) is 0 Å². The molecule has 1 aliphatic carbocycles. The number of nitrogens with zero attached hydrogens (tertiary/aromatic N) is 3. The summed E-state index contributed by atoms with van der Waals surface area (Å²) in [6, 6.07) is 0.0108. The van der Waals surface area contributed by atoms with Crippen molar-refractivity contribution in [1.29, 1.82) is 0 Å². The fourth-order valence-electron chi connectivity index (χ4n) is 2.60. The molecule has 1 aromatic rings. The number of aryl methyl sites for hydroxylation is 1. The van der Waals surface area contributed by atoms with Crippen molar-refractivity contribution in [2.24, 2.45) is 12.8 Å². The molecule has 1 unspecified atom stereocenters. The first-order valence-corrected chi connectivity index (χ1v) is 5.82. The van der Waals surface area contributed by atoms with E-state index in [1.165, 1.54) is 12.8 Å². The number of nitrogens with two attached hydrogens (primary N) is 1. The lowest BCUT2D eigenvalue weighted by Crippen LogP contribution is -2.48. The maximum Gasteiger partial charge on any atom is 0.0843 e. The molecule has 2 N–H and O–H groups in total. The fourth-order valence-corrected chi connectivity index (χ4v) is 2.60. The van der Waals surface area contributed by atoms with Crippen LogP contribution in [0.3, 0.4) is 0 Å². The van der Waals surface area contributed by atoms with Crippen molar-refractivity contribution in [3.63, 3.8) is 0 Å². The first kappa shape index (κ1) is 11.5. The summed E-state index contributed by atoms with van der Waals surface area (Å²) < 4.78 is 7.36. The van der Waals surface area contributed by atoms with Gasteiger partial charge in [-0.05, 0) is 12.8 Å². The van der Waals surface area contributed by atoms with Crippen LogP contribution in [0.4, 0.5) is 0 Å². The van der Waals surface area contributed by atoms with Crippen LogP contribution in [0.1, 0.15) is 31.4 Å². The SMILES string of the molecule is COC1(C(N)Cc2cn(C)nn2)CCCC1. The molecule has 2 rings (SSSR count). The Morgan fingerprint density at radius 1 is 1.56 bits per heavy atom. The van der Waals surface area contributed by atoms with Crippen molar-refractivity contribution in [3.05, 3.63) is 11.9 Å². The number of rotatable bonds is 4. The van der Waals surface area contributed by atoms with Gasteiger partial charge in [0.1, 0.15) is 0 Å². The first-order valence-electron chi connectivity index (χ1n) is 5.82. The summed E-state index contributed by atoms with van der Waals surface area (Å²) in [6.45, 7) is 0. The van der Waals surface area contributed by atoms with Gasteiger partial charge < -0.3 is 10.5 Å². The van der Waals surface area contributed by atoms with E-state index in [-0.39, 0.29) is 11.6 Å². The second-order valence-corrected chi connectivity index (χ2v) is 4.67. The van der Waals surface area contributed by atoms with Crippen molar-refractivity contribution >= 4 is 0 Å². The molecular weight excluding hydrogens is 204 g/mol. The van der Waals surface area contributed by atoms with Gasteiger partial charge in [-0.2, -0.15) is 0 Å². The minimum atomic E-state index is -0.141. The molecular formula is C11H20N4O. The van der Waals surface area contributed by atoms with Crippen LogP contribution >= 0.6 is 0 Å². The summed E-state index contributed by atoms with van der Waals surface area (Å²) in [4.78, 5) is 0. The molecule has 0 aliphatic heterocycles. The second kappa shape index (κ2) is 4.51. The van der Waals surface area contributed by atoms with Crippen LogP contribution in [-0.2, 0) is 18.2 Å². The number of methoxy groups -OCH3 is 1. The van der Waals surface area contributed by atoms with E-state index in [1.807, 2.05) is 13.2 Å². The average Bonchev–Trinajstić information content (AvgIpc) is 2.88. The number of hydrogen-bond donors (Lipinski definition) is 1. The zero-order valence-electron chi connectivity index (χ0n) is 10.0. The van der Waals surface area contributed by atoms with Crippen LogP contribution in [0, 0.1) is 0 Å². The molecule has 0 spiro atoms. The molecule has 1 aliphatic rings. The Morgan fingerprint density at radius 2 is 2.25 bits per heavy atom. The highest BCUT2D eigenvalue weighted by Crippen LogP contribution is 2.35. The van der Waals surface area contributed by atoms with Crippen molar-refractivity contribution in [2.75, 3.05) is 7.11 Å². The Balaban J connectivity index is 2.03. The van der Waals surface area contributed by atoms with Crippen molar-refractivity contribution in [2.45, 2.75) is 43.7 Å². The molecule has 0 aromatic carbocycles. The van der Waals surface area contributed by atoms with Crippen molar-refractivity contribution in [1.82, 2.24) is 15.0 Å². The van der Waals surface area contributed by atoms with Gasteiger partial charge in [-0.15, -0.1) is 5.10 Å². The summed E-state index contributed by atoms with van der Waals surface area (Å²) in [5.41, 5.74) is 7.07. The topological polar surface area (TPSA) is 66.0 Å². The third-order valence-electron chi connectivity index (χ3n) is 3.61. The molecule has 1 aromatic heterocycles. The standard InChI is InChI=1S/C11H20N4O/c1-15-8-9(13-14-15)7-10(12)11(16-2)5-3-4-6-11/h8,10H,3-7,12H2,1-2H3. The Hall–Kier alpha value is -0.940. The highest BCUT2D eigenvalue weighted by Gasteiger charge is 2.39. The largest absolute Gasteiger partial charge is 0.377 e. The van der Waals surface area contributed by atoms with Gasteiger partial charge in [-0.1, -0.05) is 18.1 Å². The van der Waals surface area contributed by atoms with Gasteiger partial charge in [0.25, 0.3) is 0 Å². The number of ether oxygens (including phenoxy) is 1. The van der Waals surface area contributed by atoms with E-state index in [0.717, 1.165) is 25.0 Å². The Bertz CT molecular complexity index is 344. The van der Waals surface area contributed by atoms with Gasteiger partial charge in [0, 0.05) is 32.8 Å². The number of hydrogen-bond acceptors (Lipinski definition) is 4. The predicted molar refractivity (Wildman–Crippen MR) is 60.9 cm³/mol. The predicted octanol–water partition coefficient (Wildman–Crippen LogP) is 0.644. The van der Waals surface area contributed by atoms with E-state index < -0.39 is 0 Å². The third kappa shape index (κ3) is 2.10. The van der Waals surface area contributed by atoms with Crippen molar-refractivity contribution in [3.8, 4) is 0 Å². The van der Waals surface area contributed by atoms with Gasteiger partial charge in [-0.25, -0.2) is 0 Å². The lowest BCUT2D eigenvalue weighted by Gasteiger charge is -2.33. The Morgan fingerprint density at radius 3 is 2.75 bits per heavy atom. The normalized spacial score (nSPS) is 21.2. The lowest BCUT2D eigenvalue weighted by molar-refractivity contribution is -0.0255. The van der Waals surface area contributed by atoms with Crippen LogP contribution in [-0.4, -0.2) is 33.7 Å². The Labute approximate surface area is 96.0 Å². The molecule has 1 fully saturated rings. The maximum absolute atomic E-state index is 6.26. The minimum absolute atomic E-state index is 0.0108. The second-order valence-electron chi connectivity index (χ2n) is 4.67. The van der Waals surface area contributed by atoms with E-state index in [4.69, 9.17) is 10.5 Å². The zero-order valence-corrected chi connectivity index (χ0v) is 10.0. The molecule has 16 heavy (non-hydrogen) atoms. The molecule has 0 bridgehead atoms. The smallest absolute Gasteiger partial charge is 0.0843 e. The summed E-state index contributed by atoms with van der Waals surface area (Å²) in [6.07, 6.45) is 7.19. The highest BCUT2D eigenvalue weighted by molar-refractivity contribution is 5.03. The Kier molecular flexibility index (Phi) is 3.25. The quantitative estimate of drug-likeness (QED) is 0.815. The molecule has 0 radical (unpaired) electrons. The van der Waals surface area contributed by atoms with Gasteiger partial charge in [0.15, 0.2) is 0 Å². The van der Waals surface area contributed by atoms with Gasteiger partial charge in [-0.3, -0.25) is 4.68 Å². The summed E-state index contributed by atoms with van der Waals surface area (Å²) in [5, 5.41) is 7.99. The van der Waals surface area contributed by atoms with E-state index in [9.17, 15) is 0 Å². The van der Waals surface area contributed by atoms with Crippen molar-refractivity contribution < 1.29 is 4.74 Å². The highest BCUT2D eigenvalue weighted by atomic mass is 16.5. The molecule has 1 atom stereocenters.